The molecule has 0 fully saturated rings. The number of rotatable bonds is 5. The lowest BCUT2D eigenvalue weighted by molar-refractivity contribution is 0.631. The number of benzene rings is 8. The van der Waals surface area contributed by atoms with E-state index in [-0.39, 0.29) is 0 Å². The zero-order valence-corrected chi connectivity index (χ0v) is 27.5. The fraction of sp³-hybridized carbons (Fsp3) is 0. The van der Waals surface area contributed by atoms with Crippen molar-refractivity contribution in [1.82, 2.24) is 15.0 Å². The highest BCUT2D eigenvalue weighted by molar-refractivity contribution is 6.19. The summed E-state index contributed by atoms with van der Waals surface area (Å²) in [7, 11) is 0. The Morgan fingerprint density at radius 2 is 0.980 bits per heavy atom. The predicted molar refractivity (Wildman–Crippen MR) is 209 cm³/mol. The molecule has 10 rings (SSSR count). The molecule has 51 heavy (non-hydrogen) atoms. The molecule has 0 atom stereocenters. The normalized spacial score (nSPS) is 11.5. The molecule has 0 spiro atoms. The van der Waals surface area contributed by atoms with E-state index in [4.69, 9.17) is 19.4 Å². The van der Waals surface area contributed by atoms with E-state index in [1.165, 1.54) is 16.2 Å². The number of aromatic nitrogens is 3. The van der Waals surface area contributed by atoms with Gasteiger partial charge in [-0.15, -0.1) is 0 Å². The number of fused-ring (bicyclic) bond motifs is 5. The van der Waals surface area contributed by atoms with Gasteiger partial charge in [-0.2, -0.15) is 0 Å². The minimum atomic E-state index is 0.595. The molecule has 8 aromatic carbocycles. The Kier molecular flexibility index (Phi) is 6.78. The highest BCUT2D eigenvalue weighted by Crippen LogP contribution is 2.40. The van der Waals surface area contributed by atoms with Crippen LogP contribution in [0, 0.1) is 0 Å². The van der Waals surface area contributed by atoms with Gasteiger partial charge in [-0.25, -0.2) is 15.0 Å². The van der Waals surface area contributed by atoms with Crippen molar-refractivity contribution in [3.05, 3.63) is 176 Å². The monoisotopic (exact) mass is 651 g/mol. The minimum Gasteiger partial charge on any atom is -0.456 e. The molecule has 0 unspecified atom stereocenters. The fourth-order valence-electron chi connectivity index (χ4n) is 7.28. The van der Waals surface area contributed by atoms with E-state index >= 15 is 0 Å². The van der Waals surface area contributed by atoms with Crippen LogP contribution in [-0.4, -0.2) is 15.0 Å². The topological polar surface area (TPSA) is 51.8 Å². The van der Waals surface area contributed by atoms with Gasteiger partial charge in [-0.05, 0) is 67.7 Å². The molecule has 238 valence electrons. The van der Waals surface area contributed by atoms with Crippen molar-refractivity contribution < 1.29 is 4.42 Å². The Morgan fingerprint density at radius 3 is 1.84 bits per heavy atom. The lowest BCUT2D eigenvalue weighted by Gasteiger charge is -2.15. The standard InChI is InChI=1S/C47H29N3O/c1-2-13-30(14-3-1)36-20-9-10-23-40(36)46-48-45(35-19-12-18-33(27-35)43-29-34-17-6-11-24-42(34)51-43)49-47(50-46)44-38-22-8-5-16-32(38)28-41-37-21-7-4-15-31(37)25-26-39(41)44/h1-29H. The summed E-state index contributed by atoms with van der Waals surface area (Å²) in [6.07, 6.45) is 0. The first-order valence-corrected chi connectivity index (χ1v) is 17.1. The molecule has 2 heterocycles. The second-order valence-electron chi connectivity index (χ2n) is 12.8. The Morgan fingerprint density at radius 1 is 0.333 bits per heavy atom. The van der Waals surface area contributed by atoms with Gasteiger partial charge in [-0.3, -0.25) is 0 Å². The molecular weight excluding hydrogens is 623 g/mol. The van der Waals surface area contributed by atoms with Crippen LogP contribution in [-0.2, 0) is 0 Å². The Labute approximate surface area is 294 Å². The molecule has 0 saturated carbocycles. The summed E-state index contributed by atoms with van der Waals surface area (Å²) in [6.45, 7) is 0. The summed E-state index contributed by atoms with van der Waals surface area (Å²) >= 11 is 0. The smallest absolute Gasteiger partial charge is 0.165 e. The fourth-order valence-corrected chi connectivity index (χ4v) is 7.28. The van der Waals surface area contributed by atoms with Gasteiger partial charge in [0.25, 0.3) is 0 Å². The second kappa shape index (κ2) is 11.9. The third-order valence-electron chi connectivity index (χ3n) is 9.71. The summed E-state index contributed by atoms with van der Waals surface area (Å²) < 4.78 is 6.27. The van der Waals surface area contributed by atoms with E-state index in [0.29, 0.717) is 17.5 Å². The molecule has 0 radical (unpaired) electrons. The number of furan rings is 1. The molecule has 4 nitrogen and oxygen atoms in total. The van der Waals surface area contributed by atoms with Crippen LogP contribution < -0.4 is 0 Å². The summed E-state index contributed by atoms with van der Waals surface area (Å²) in [5.41, 5.74) is 6.79. The molecule has 0 aliphatic rings. The van der Waals surface area contributed by atoms with Gasteiger partial charge in [0.1, 0.15) is 11.3 Å². The van der Waals surface area contributed by atoms with Gasteiger partial charge < -0.3 is 4.42 Å². The zero-order chi connectivity index (χ0) is 33.7. The van der Waals surface area contributed by atoms with Gasteiger partial charge in [0.2, 0.25) is 0 Å². The van der Waals surface area contributed by atoms with Crippen molar-refractivity contribution in [2.45, 2.75) is 0 Å². The van der Waals surface area contributed by atoms with Gasteiger partial charge in [-0.1, -0.05) is 152 Å². The van der Waals surface area contributed by atoms with Crippen molar-refractivity contribution in [2.75, 3.05) is 0 Å². The van der Waals surface area contributed by atoms with Crippen LogP contribution in [0.5, 0.6) is 0 Å². The van der Waals surface area contributed by atoms with Crippen LogP contribution in [0.1, 0.15) is 0 Å². The number of hydrogen-bond acceptors (Lipinski definition) is 4. The van der Waals surface area contributed by atoms with Crippen LogP contribution in [0.4, 0.5) is 0 Å². The van der Waals surface area contributed by atoms with Gasteiger partial charge in [0.15, 0.2) is 17.5 Å². The van der Waals surface area contributed by atoms with Crippen molar-refractivity contribution in [3.63, 3.8) is 0 Å². The first-order chi connectivity index (χ1) is 25.3. The minimum absolute atomic E-state index is 0.595. The Hall–Kier alpha value is -6.91. The zero-order valence-electron chi connectivity index (χ0n) is 27.5. The summed E-state index contributed by atoms with van der Waals surface area (Å²) in [5.74, 6) is 2.64. The van der Waals surface area contributed by atoms with Crippen molar-refractivity contribution in [3.8, 4) is 56.6 Å². The lowest BCUT2D eigenvalue weighted by atomic mass is 9.93. The van der Waals surface area contributed by atoms with Gasteiger partial charge >= 0.3 is 0 Å². The largest absolute Gasteiger partial charge is 0.456 e. The first kappa shape index (κ1) is 29.0. The SMILES string of the molecule is c1ccc(-c2ccccc2-c2nc(-c3cccc(-c4cc5ccccc5o4)c3)nc(-c3c4ccccc4cc4c3ccc3ccccc34)n2)cc1. The summed E-state index contributed by atoms with van der Waals surface area (Å²) in [5, 5.41) is 7.96. The van der Waals surface area contributed by atoms with E-state index in [1.807, 2.05) is 36.4 Å². The van der Waals surface area contributed by atoms with E-state index in [0.717, 1.165) is 66.3 Å². The number of nitrogens with zero attached hydrogens (tertiary/aromatic N) is 3. The Bertz CT molecular complexity index is 2890. The average Bonchev–Trinajstić information content (AvgIpc) is 3.65. The van der Waals surface area contributed by atoms with Crippen LogP contribution in [0.3, 0.4) is 0 Å². The van der Waals surface area contributed by atoms with Crippen LogP contribution in [0.25, 0.3) is 99.9 Å². The molecule has 0 aliphatic carbocycles. The molecule has 2 aromatic heterocycles. The average molecular weight is 652 g/mol. The highest BCUT2D eigenvalue weighted by Gasteiger charge is 2.20. The molecule has 0 aliphatic heterocycles. The van der Waals surface area contributed by atoms with E-state index in [1.54, 1.807) is 0 Å². The second-order valence-corrected chi connectivity index (χ2v) is 12.8. The van der Waals surface area contributed by atoms with Crippen LogP contribution in [0.2, 0.25) is 0 Å². The summed E-state index contributed by atoms with van der Waals surface area (Å²) in [6, 6.07) is 61.0. The van der Waals surface area contributed by atoms with Crippen LogP contribution >= 0.6 is 0 Å². The Balaban J connectivity index is 1.26. The molecule has 4 heteroatoms. The van der Waals surface area contributed by atoms with Gasteiger partial charge in [0.05, 0.1) is 0 Å². The molecular formula is C47H29N3O. The maximum Gasteiger partial charge on any atom is 0.165 e. The highest BCUT2D eigenvalue weighted by atomic mass is 16.3. The van der Waals surface area contributed by atoms with Crippen molar-refractivity contribution >= 4 is 43.3 Å². The lowest BCUT2D eigenvalue weighted by Crippen LogP contribution is -2.02. The number of para-hydroxylation sites is 1. The van der Waals surface area contributed by atoms with Crippen LogP contribution in [0.15, 0.2) is 180 Å². The van der Waals surface area contributed by atoms with Crippen molar-refractivity contribution in [2.24, 2.45) is 0 Å². The van der Waals surface area contributed by atoms with Crippen molar-refractivity contribution in [1.29, 1.82) is 0 Å². The predicted octanol–water partition coefficient (Wildman–Crippen LogP) is 12.4. The van der Waals surface area contributed by atoms with Gasteiger partial charge in [0, 0.05) is 27.6 Å². The molecule has 0 saturated heterocycles. The van der Waals surface area contributed by atoms with E-state index in [9.17, 15) is 0 Å². The molecule has 0 N–H and O–H groups in total. The van der Waals surface area contributed by atoms with E-state index in [2.05, 4.69) is 140 Å². The maximum atomic E-state index is 6.27. The third-order valence-corrected chi connectivity index (χ3v) is 9.71. The molecule has 10 aromatic rings. The first-order valence-electron chi connectivity index (χ1n) is 17.1. The number of hydrogen-bond donors (Lipinski definition) is 0. The quantitative estimate of drug-likeness (QED) is 0.137. The third kappa shape index (κ3) is 5.04. The maximum absolute atomic E-state index is 6.27. The molecule has 0 amide bonds. The molecule has 0 bridgehead atoms. The summed E-state index contributed by atoms with van der Waals surface area (Å²) in [4.78, 5) is 15.9. The van der Waals surface area contributed by atoms with E-state index < -0.39 is 0 Å².